The number of nitrogens with zero attached hydrogens (tertiary/aromatic N) is 3. The largest absolute Gasteiger partial charge is 0.459 e. The Hall–Kier alpha value is -3.48. The number of carbonyl (C=O) groups excluding carboxylic acids is 1. The maximum absolute atomic E-state index is 12.0. The van der Waals surface area contributed by atoms with Gasteiger partial charge in [-0.3, -0.25) is 4.79 Å². The van der Waals surface area contributed by atoms with Crippen LogP contribution in [0, 0.1) is 0 Å². The first-order chi connectivity index (χ1) is 14.1. The van der Waals surface area contributed by atoms with Crippen molar-refractivity contribution in [3.63, 3.8) is 0 Å². The number of carbonyl (C=O) groups is 1. The number of benzene rings is 1. The summed E-state index contributed by atoms with van der Waals surface area (Å²) < 4.78 is 7.21. The van der Waals surface area contributed by atoms with E-state index in [1.54, 1.807) is 12.1 Å². The summed E-state index contributed by atoms with van der Waals surface area (Å²) in [6.07, 6.45) is 3.52. The first-order valence-electron chi connectivity index (χ1n) is 9.60. The lowest BCUT2D eigenvalue weighted by atomic mass is 10.2. The third kappa shape index (κ3) is 5.51. The maximum atomic E-state index is 12.0. The molecule has 0 saturated heterocycles. The number of rotatable bonds is 7. The van der Waals surface area contributed by atoms with E-state index in [-0.39, 0.29) is 11.7 Å². The van der Waals surface area contributed by atoms with Gasteiger partial charge in [-0.15, -0.1) is 0 Å². The van der Waals surface area contributed by atoms with Crippen LogP contribution in [0.25, 0.3) is 0 Å². The second kappa shape index (κ2) is 9.64. The van der Waals surface area contributed by atoms with Crippen LogP contribution in [-0.4, -0.2) is 34.9 Å². The molecule has 0 aliphatic rings. The van der Waals surface area contributed by atoms with Crippen LogP contribution in [0.2, 0.25) is 0 Å². The fourth-order valence-electron chi connectivity index (χ4n) is 2.91. The van der Waals surface area contributed by atoms with Crippen molar-refractivity contribution in [2.45, 2.75) is 20.0 Å². The molecule has 7 nitrogen and oxygen atoms in total. The maximum Gasteiger partial charge on any atom is 0.291 e. The molecule has 0 unspecified atom stereocenters. The molecule has 0 aliphatic heterocycles. The van der Waals surface area contributed by atoms with Crippen molar-refractivity contribution < 1.29 is 9.21 Å². The molecule has 2 N–H and O–H groups in total. The third-order valence-corrected chi connectivity index (χ3v) is 4.52. The summed E-state index contributed by atoms with van der Waals surface area (Å²) in [5.74, 6) is 0.872. The van der Waals surface area contributed by atoms with Crippen molar-refractivity contribution in [2.75, 3.05) is 18.9 Å². The molecule has 0 radical (unpaired) electrons. The van der Waals surface area contributed by atoms with Gasteiger partial charge in [-0.2, -0.15) is 0 Å². The van der Waals surface area contributed by atoms with Gasteiger partial charge in [-0.25, -0.2) is 4.99 Å². The molecule has 3 aromatic rings. The van der Waals surface area contributed by atoms with Crippen molar-refractivity contribution in [3.8, 4) is 0 Å². The summed E-state index contributed by atoms with van der Waals surface area (Å²) in [7, 11) is 4.07. The molecule has 1 aromatic carbocycles. The first kappa shape index (κ1) is 20.3. The summed E-state index contributed by atoms with van der Waals surface area (Å²) in [4.78, 5) is 18.9. The van der Waals surface area contributed by atoms with Crippen molar-refractivity contribution >= 4 is 17.6 Å². The van der Waals surface area contributed by atoms with E-state index in [4.69, 9.17) is 9.41 Å². The fourth-order valence-corrected chi connectivity index (χ4v) is 2.91. The van der Waals surface area contributed by atoms with Gasteiger partial charge in [0, 0.05) is 38.2 Å². The van der Waals surface area contributed by atoms with Gasteiger partial charge in [0.15, 0.2) is 11.7 Å². The minimum absolute atomic E-state index is 0.266. The summed E-state index contributed by atoms with van der Waals surface area (Å²) in [6, 6.07) is 15.1. The van der Waals surface area contributed by atoms with Crippen LogP contribution in [0.4, 0.5) is 5.69 Å². The van der Waals surface area contributed by atoms with E-state index < -0.39 is 0 Å². The molecule has 0 saturated carbocycles. The number of guanidine groups is 1. The van der Waals surface area contributed by atoms with Gasteiger partial charge >= 0.3 is 0 Å². The summed E-state index contributed by atoms with van der Waals surface area (Å²) in [5.41, 5.74) is 2.99. The van der Waals surface area contributed by atoms with Crippen LogP contribution in [0.1, 0.15) is 28.7 Å². The number of nitrogens with one attached hydrogen (secondary N) is 2. The quantitative estimate of drug-likeness (QED) is 0.476. The number of amides is 1. The Morgan fingerprint density at radius 3 is 2.59 bits per heavy atom. The van der Waals surface area contributed by atoms with Gasteiger partial charge in [-0.05, 0) is 48.9 Å². The zero-order valence-electron chi connectivity index (χ0n) is 17.1. The SMILES string of the molecule is CCNC(=NCc1ccc(NC(=O)c2ccco2)cc1)N(C)Cc1cccn1C. The molecule has 0 bridgehead atoms. The first-order valence-corrected chi connectivity index (χ1v) is 9.60. The van der Waals surface area contributed by atoms with Crippen molar-refractivity contribution in [2.24, 2.45) is 12.0 Å². The Morgan fingerprint density at radius 1 is 1.17 bits per heavy atom. The van der Waals surface area contributed by atoms with Crippen LogP contribution >= 0.6 is 0 Å². The smallest absolute Gasteiger partial charge is 0.291 e. The third-order valence-electron chi connectivity index (χ3n) is 4.52. The molecule has 2 heterocycles. The lowest BCUT2D eigenvalue weighted by Crippen LogP contribution is -2.38. The molecule has 3 rings (SSSR count). The highest BCUT2D eigenvalue weighted by Crippen LogP contribution is 2.13. The topological polar surface area (TPSA) is 74.8 Å². The van der Waals surface area contributed by atoms with E-state index in [2.05, 4.69) is 33.1 Å². The molecule has 29 heavy (non-hydrogen) atoms. The average molecular weight is 393 g/mol. The zero-order chi connectivity index (χ0) is 20.6. The minimum atomic E-state index is -0.266. The number of hydrogen-bond acceptors (Lipinski definition) is 3. The van der Waals surface area contributed by atoms with Gasteiger partial charge in [0.2, 0.25) is 0 Å². The van der Waals surface area contributed by atoms with Gasteiger partial charge < -0.3 is 24.5 Å². The normalized spacial score (nSPS) is 11.3. The van der Waals surface area contributed by atoms with Crippen molar-refractivity contribution in [1.82, 2.24) is 14.8 Å². The van der Waals surface area contributed by atoms with Crippen LogP contribution in [-0.2, 0) is 20.1 Å². The Kier molecular flexibility index (Phi) is 6.73. The van der Waals surface area contributed by atoms with E-state index in [0.717, 1.165) is 24.6 Å². The van der Waals surface area contributed by atoms with E-state index in [0.29, 0.717) is 12.2 Å². The van der Waals surface area contributed by atoms with Gasteiger partial charge in [0.05, 0.1) is 19.4 Å². The number of aromatic nitrogens is 1. The zero-order valence-corrected chi connectivity index (χ0v) is 17.1. The predicted molar refractivity (Wildman–Crippen MR) is 115 cm³/mol. The number of anilines is 1. The Bertz CT molecular complexity index is 942. The monoisotopic (exact) mass is 393 g/mol. The average Bonchev–Trinajstić information content (AvgIpc) is 3.39. The molecular weight excluding hydrogens is 366 g/mol. The summed E-state index contributed by atoms with van der Waals surface area (Å²) in [5, 5.41) is 6.15. The van der Waals surface area contributed by atoms with Crippen LogP contribution in [0.3, 0.4) is 0 Å². The van der Waals surface area contributed by atoms with Crippen LogP contribution in [0.15, 0.2) is 70.4 Å². The van der Waals surface area contributed by atoms with E-state index in [9.17, 15) is 4.79 Å². The minimum Gasteiger partial charge on any atom is -0.459 e. The van der Waals surface area contributed by atoms with Gasteiger partial charge in [-0.1, -0.05) is 12.1 Å². The highest BCUT2D eigenvalue weighted by atomic mass is 16.3. The molecule has 0 fully saturated rings. The molecule has 2 aromatic heterocycles. The van der Waals surface area contributed by atoms with Gasteiger partial charge in [0.1, 0.15) is 0 Å². The van der Waals surface area contributed by atoms with Gasteiger partial charge in [0.25, 0.3) is 5.91 Å². The van der Waals surface area contributed by atoms with Crippen molar-refractivity contribution in [3.05, 3.63) is 78.0 Å². The Balaban J connectivity index is 1.61. The Labute approximate surface area is 171 Å². The number of hydrogen-bond donors (Lipinski definition) is 2. The van der Waals surface area contributed by atoms with E-state index in [1.807, 2.05) is 50.6 Å². The van der Waals surface area contributed by atoms with Crippen LogP contribution < -0.4 is 10.6 Å². The molecular formula is C22H27N5O2. The highest BCUT2D eigenvalue weighted by molar-refractivity contribution is 6.02. The fraction of sp³-hybridized carbons (Fsp3) is 0.273. The molecule has 152 valence electrons. The molecule has 1 amide bonds. The summed E-state index contributed by atoms with van der Waals surface area (Å²) in [6.45, 7) is 4.18. The second-order valence-electron chi connectivity index (χ2n) is 6.77. The molecule has 0 atom stereocenters. The lowest BCUT2D eigenvalue weighted by molar-refractivity contribution is 0.0996. The second-order valence-corrected chi connectivity index (χ2v) is 6.77. The highest BCUT2D eigenvalue weighted by Gasteiger charge is 2.10. The van der Waals surface area contributed by atoms with Crippen molar-refractivity contribution in [1.29, 1.82) is 0 Å². The lowest BCUT2D eigenvalue weighted by Gasteiger charge is -2.22. The van der Waals surface area contributed by atoms with Crippen LogP contribution in [0.5, 0.6) is 0 Å². The molecule has 7 heteroatoms. The van der Waals surface area contributed by atoms with E-state index in [1.165, 1.54) is 12.0 Å². The standard InChI is InChI=1S/C22H27N5O2/c1-4-23-22(27(3)16-19-7-5-13-26(19)2)24-15-17-9-11-18(12-10-17)25-21(28)20-8-6-14-29-20/h5-14H,4,15-16H2,1-3H3,(H,23,24)(H,25,28). The summed E-state index contributed by atoms with van der Waals surface area (Å²) >= 11 is 0. The molecule has 0 spiro atoms. The number of aliphatic imine (C=N–C) groups is 1. The van der Waals surface area contributed by atoms with E-state index >= 15 is 0 Å². The predicted octanol–water partition coefficient (Wildman–Crippen LogP) is 3.47. The number of aryl methyl sites for hydroxylation is 1. The Morgan fingerprint density at radius 2 is 1.97 bits per heavy atom. The molecule has 0 aliphatic carbocycles. The number of furan rings is 1.